The second-order valence-corrected chi connectivity index (χ2v) is 7.43. The van der Waals surface area contributed by atoms with Crippen molar-refractivity contribution < 1.29 is 28.9 Å². The van der Waals surface area contributed by atoms with Crippen LogP contribution < -0.4 is 9.47 Å². The highest BCUT2D eigenvalue weighted by Crippen LogP contribution is 2.30. The van der Waals surface area contributed by atoms with Crippen molar-refractivity contribution in [2.75, 3.05) is 19.8 Å². The Bertz CT molecular complexity index is 631. The first-order chi connectivity index (χ1) is 14.1. The van der Waals surface area contributed by atoms with E-state index in [1.54, 1.807) is 24.3 Å². The number of carbonyl (C=O) groups excluding carboxylic acids is 2. The Kier molecular flexibility index (Phi) is 10.3. The summed E-state index contributed by atoms with van der Waals surface area (Å²) in [7, 11) is 0. The Labute approximate surface area is 172 Å². The van der Waals surface area contributed by atoms with Crippen LogP contribution in [-0.2, 0) is 14.3 Å². The number of aliphatic hydroxyl groups is 1. The van der Waals surface area contributed by atoms with E-state index >= 15 is 0 Å². The second-order valence-electron chi connectivity index (χ2n) is 7.43. The molecule has 0 radical (unpaired) electrons. The van der Waals surface area contributed by atoms with Gasteiger partial charge in [0, 0.05) is 12.7 Å². The van der Waals surface area contributed by atoms with Crippen LogP contribution in [-0.4, -0.2) is 36.9 Å². The van der Waals surface area contributed by atoms with E-state index in [-0.39, 0.29) is 24.5 Å². The lowest BCUT2D eigenvalue weighted by atomic mass is 9.82. The normalized spacial score (nSPS) is 18.7. The van der Waals surface area contributed by atoms with Crippen molar-refractivity contribution >= 4 is 11.9 Å². The number of unbranched alkanes of at least 4 members (excludes halogenated alkanes) is 3. The zero-order chi connectivity index (χ0) is 20.9. The van der Waals surface area contributed by atoms with E-state index in [0.717, 1.165) is 57.1 Å². The molecule has 0 saturated heterocycles. The predicted octanol–water partition coefficient (Wildman–Crippen LogP) is 4.06. The molecule has 0 aliphatic heterocycles. The highest BCUT2D eigenvalue weighted by atomic mass is 16.5. The Hall–Kier alpha value is -2.34. The molecular formula is C23H32O6. The van der Waals surface area contributed by atoms with Gasteiger partial charge in [-0.15, -0.1) is 0 Å². The lowest BCUT2D eigenvalue weighted by molar-refractivity contribution is -0.140. The second kappa shape index (κ2) is 13.0. The lowest BCUT2D eigenvalue weighted by Crippen LogP contribution is -2.26. The molecule has 0 spiro atoms. The van der Waals surface area contributed by atoms with Gasteiger partial charge in [-0.2, -0.15) is 0 Å². The average molecular weight is 405 g/mol. The number of aliphatic hydroxyl groups excluding tert-OH is 1. The minimum absolute atomic E-state index is 0.0750. The molecule has 0 amide bonds. The van der Waals surface area contributed by atoms with E-state index in [4.69, 9.17) is 14.2 Å². The van der Waals surface area contributed by atoms with Crippen molar-refractivity contribution in [3.8, 4) is 11.5 Å². The molecule has 29 heavy (non-hydrogen) atoms. The van der Waals surface area contributed by atoms with Crippen LogP contribution >= 0.6 is 0 Å². The SMILES string of the molecule is C=CC(=O)OCCCCCCOc1ccc(OC(=O)C2CCC(CO)CC2)cc1. The van der Waals surface area contributed by atoms with Gasteiger partial charge in [0.2, 0.25) is 0 Å². The molecule has 160 valence electrons. The third kappa shape index (κ3) is 8.69. The summed E-state index contributed by atoms with van der Waals surface area (Å²) in [5.74, 6) is 0.957. The van der Waals surface area contributed by atoms with Gasteiger partial charge in [0.25, 0.3) is 0 Å². The summed E-state index contributed by atoms with van der Waals surface area (Å²) >= 11 is 0. The van der Waals surface area contributed by atoms with Gasteiger partial charge < -0.3 is 19.3 Å². The number of ether oxygens (including phenoxy) is 3. The first kappa shape index (κ1) is 22.9. The molecule has 1 N–H and O–H groups in total. The first-order valence-corrected chi connectivity index (χ1v) is 10.5. The molecule has 6 nitrogen and oxygen atoms in total. The average Bonchev–Trinajstić information content (AvgIpc) is 2.76. The monoisotopic (exact) mass is 404 g/mol. The predicted molar refractivity (Wildman–Crippen MR) is 110 cm³/mol. The van der Waals surface area contributed by atoms with Crippen molar-refractivity contribution in [1.82, 2.24) is 0 Å². The van der Waals surface area contributed by atoms with Crippen LogP contribution in [0.4, 0.5) is 0 Å². The number of esters is 2. The van der Waals surface area contributed by atoms with E-state index < -0.39 is 0 Å². The van der Waals surface area contributed by atoms with Crippen LogP contribution in [0, 0.1) is 11.8 Å². The van der Waals surface area contributed by atoms with Gasteiger partial charge in [-0.05, 0) is 81.5 Å². The fourth-order valence-electron chi connectivity index (χ4n) is 3.36. The molecule has 1 saturated carbocycles. The third-order valence-electron chi connectivity index (χ3n) is 5.20. The maximum Gasteiger partial charge on any atom is 0.330 e. The Balaban J connectivity index is 1.58. The number of benzene rings is 1. The number of hydrogen-bond acceptors (Lipinski definition) is 6. The lowest BCUT2D eigenvalue weighted by Gasteiger charge is -2.25. The summed E-state index contributed by atoms with van der Waals surface area (Å²) in [5, 5.41) is 9.18. The smallest absolute Gasteiger partial charge is 0.330 e. The van der Waals surface area contributed by atoms with E-state index in [1.165, 1.54) is 6.08 Å². The van der Waals surface area contributed by atoms with Crippen molar-refractivity contribution in [2.45, 2.75) is 51.4 Å². The van der Waals surface area contributed by atoms with E-state index in [9.17, 15) is 14.7 Å². The van der Waals surface area contributed by atoms with Crippen LogP contribution in [0.3, 0.4) is 0 Å². The van der Waals surface area contributed by atoms with E-state index in [2.05, 4.69) is 6.58 Å². The molecule has 1 aromatic carbocycles. The highest BCUT2D eigenvalue weighted by Gasteiger charge is 2.27. The molecule has 1 fully saturated rings. The Morgan fingerprint density at radius 3 is 2.21 bits per heavy atom. The molecular weight excluding hydrogens is 372 g/mol. The fraction of sp³-hybridized carbons (Fsp3) is 0.565. The van der Waals surface area contributed by atoms with Crippen LogP contribution in [0.1, 0.15) is 51.4 Å². The van der Waals surface area contributed by atoms with Crippen molar-refractivity contribution in [3.63, 3.8) is 0 Å². The quantitative estimate of drug-likeness (QED) is 0.245. The summed E-state index contributed by atoms with van der Waals surface area (Å²) in [4.78, 5) is 23.2. The standard InChI is InChI=1S/C23H32O6/c1-2-22(25)28-16-6-4-3-5-15-27-20-11-13-21(14-12-20)29-23(26)19-9-7-18(17-24)8-10-19/h2,11-14,18-19,24H,1,3-10,15-17H2. The number of carbonyl (C=O) groups is 2. The van der Waals surface area contributed by atoms with Gasteiger partial charge >= 0.3 is 11.9 Å². The maximum absolute atomic E-state index is 12.3. The summed E-state index contributed by atoms with van der Waals surface area (Å²) in [6.07, 6.45) is 8.21. The summed E-state index contributed by atoms with van der Waals surface area (Å²) < 4.78 is 16.1. The van der Waals surface area contributed by atoms with Gasteiger partial charge in [-0.1, -0.05) is 6.58 Å². The molecule has 0 bridgehead atoms. The fourth-order valence-corrected chi connectivity index (χ4v) is 3.36. The maximum atomic E-state index is 12.3. The van der Waals surface area contributed by atoms with Crippen LogP contribution in [0.5, 0.6) is 11.5 Å². The summed E-state index contributed by atoms with van der Waals surface area (Å²) in [6, 6.07) is 7.11. The van der Waals surface area contributed by atoms with Gasteiger partial charge in [0.15, 0.2) is 0 Å². The number of rotatable bonds is 12. The van der Waals surface area contributed by atoms with Crippen LogP contribution in [0.25, 0.3) is 0 Å². The molecule has 0 atom stereocenters. The minimum atomic E-state index is -0.378. The zero-order valence-electron chi connectivity index (χ0n) is 17.0. The van der Waals surface area contributed by atoms with Crippen LogP contribution in [0.15, 0.2) is 36.9 Å². The zero-order valence-corrected chi connectivity index (χ0v) is 17.0. The molecule has 6 heteroatoms. The summed E-state index contributed by atoms with van der Waals surface area (Å²) in [6.45, 7) is 4.59. The number of hydrogen-bond donors (Lipinski definition) is 1. The van der Waals surface area contributed by atoms with Gasteiger partial charge in [0.05, 0.1) is 19.1 Å². The molecule has 0 heterocycles. The van der Waals surface area contributed by atoms with E-state index in [0.29, 0.717) is 24.9 Å². The Morgan fingerprint density at radius 1 is 0.966 bits per heavy atom. The van der Waals surface area contributed by atoms with Gasteiger partial charge in [-0.25, -0.2) is 4.79 Å². The molecule has 0 unspecified atom stereocenters. The van der Waals surface area contributed by atoms with E-state index in [1.807, 2.05) is 0 Å². The molecule has 1 aliphatic carbocycles. The van der Waals surface area contributed by atoms with Crippen molar-refractivity contribution in [2.24, 2.45) is 11.8 Å². The van der Waals surface area contributed by atoms with Crippen molar-refractivity contribution in [3.05, 3.63) is 36.9 Å². The molecule has 1 aromatic rings. The highest BCUT2D eigenvalue weighted by molar-refractivity contribution is 5.81. The largest absolute Gasteiger partial charge is 0.494 e. The summed E-state index contributed by atoms with van der Waals surface area (Å²) in [5.41, 5.74) is 0. The van der Waals surface area contributed by atoms with Gasteiger partial charge in [-0.3, -0.25) is 4.79 Å². The first-order valence-electron chi connectivity index (χ1n) is 10.5. The molecule has 1 aliphatic rings. The topological polar surface area (TPSA) is 82.1 Å². The Morgan fingerprint density at radius 2 is 1.59 bits per heavy atom. The molecule has 0 aromatic heterocycles. The third-order valence-corrected chi connectivity index (χ3v) is 5.20. The molecule has 2 rings (SSSR count). The minimum Gasteiger partial charge on any atom is -0.494 e. The van der Waals surface area contributed by atoms with Crippen molar-refractivity contribution in [1.29, 1.82) is 0 Å². The van der Waals surface area contributed by atoms with Gasteiger partial charge in [0.1, 0.15) is 11.5 Å². The van der Waals surface area contributed by atoms with Crippen LogP contribution in [0.2, 0.25) is 0 Å².